The Bertz CT molecular complexity index is 464. The highest BCUT2D eigenvalue weighted by molar-refractivity contribution is 8.14. The van der Waals surface area contributed by atoms with Crippen molar-refractivity contribution in [3.63, 3.8) is 0 Å². The van der Waals surface area contributed by atoms with Gasteiger partial charge in [0.15, 0.2) is 5.17 Å². The van der Waals surface area contributed by atoms with E-state index in [0.717, 1.165) is 17.3 Å². The minimum Gasteiger partial charge on any atom is -0.377 e. The highest BCUT2D eigenvalue weighted by Crippen LogP contribution is 2.09. The summed E-state index contributed by atoms with van der Waals surface area (Å²) in [4.78, 5) is 11.4. The first-order valence-electron chi connectivity index (χ1n) is 5.21. The van der Waals surface area contributed by atoms with Gasteiger partial charge in [0.1, 0.15) is 5.82 Å². The number of hydrazone groups is 1. The molecule has 7 heteroatoms. The summed E-state index contributed by atoms with van der Waals surface area (Å²) in [6.07, 6.45) is 0. The smallest absolute Gasteiger partial charge is 0.230 e. The topological polar surface area (TPSA) is 93.5 Å². The van der Waals surface area contributed by atoms with Crippen LogP contribution >= 0.6 is 11.8 Å². The first kappa shape index (κ1) is 14.3. The van der Waals surface area contributed by atoms with Gasteiger partial charge in [-0.05, 0) is 24.1 Å². The third kappa shape index (κ3) is 4.62. The number of nitrogens with one attached hydrogen (secondary N) is 1. The first-order chi connectivity index (χ1) is 8.52. The zero-order chi connectivity index (χ0) is 13.5. The number of thioether (sulfide) groups is 1. The number of amidine groups is 1. The second-order valence-electron chi connectivity index (χ2n) is 3.62. The lowest BCUT2D eigenvalue weighted by molar-refractivity contribution is -0.118. The molecule has 0 atom stereocenters. The molecule has 0 saturated carbocycles. The molecule has 1 aromatic carbocycles. The van der Waals surface area contributed by atoms with E-state index in [9.17, 15) is 9.18 Å². The average molecular weight is 270 g/mol. The number of aryl methyl sites for hydroxylation is 1. The maximum Gasteiger partial charge on any atom is 0.230 e. The summed E-state index contributed by atoms with van der Waals surface area (Å²) in [5.74, 6) is 4.63. The number of halogens is 1. The Labute approximate surface area is 109 Å². The minimum absolute atomic E-state index is 0.146. The number of amides is 1. The number of rotatable bonds is 4. The van der Waals surface area contributed by atoms with Gasteiger partial charge in [-0.1, -0.05) is 23.9 Å². The molecule has 18 heavy (non-hydrogen) atoms. The van der Waals surface area contributed by atoms with Gasteiger partial charge in [0, 0.05) is 6.54 Å². The molecule has 0 fully saturated rings. The Morgan fingerprint density at radius 2 is 2.28 bits per heavy atom. The molecule has 5 N–H and O–H groups in total. The van der Waals surface area contributed by atoms with Gasteiger partial charge >= 0.3 is 0 Å². The molecule has 0 aromatic heterocycles. The summed E-state index contributed by atoms with van der Waals surface area (Å²) in [6.45, 7) is 2.02. The number of benzene rings is 1. The van der Waals surface area contributed by atoms with Crippen molar-refractivity contribution in [1.29, 1.82) is 0 Å². The van der Waals surface area contributed by atoms with Crippen LogP contribution in [0.3, 0.4) is 0 Å². The van der Waals surface area contributed by atoms with Gasteiger partial charge in [0.2, 0.25) is 5.91 Å². The maximum absolute atomic E-state index is 13.0. The standard InChI is InChI=1S/C11H15FN4OS/c1-7-4-8(2-3-9(7)12)5-15-10(17)6-18-11(13)16-14/h2-4H,5-6,14H2,1H3,(H2,13,16)(H,15,17). The summed E-state index contributed by atoms with van der Waals surface area (Å²) in [7, 11) is 0. The summed E-state index contributed by atoms with van der Waals surface area (Å²) in [5.41, 5.74) is 6.72. The van der Waals surface area contributed by atoms with E-state index in [0.29, 0.717) is 12.1 Å². The van der Waals surface area contributed by atoms with Crippen molar-refractivity contribution in [3.05, 3.63) is 35.1 Å². The lowest BCUT2D eigenvalue weighted by Gasteiger charge is -2.06. The fourth-order valence-electron chi connectivity index (χ4n) is 1.25. The van der Waals surface area contributed by atoms with Crippen LogP contribution in [0.1, 0.15) is 11.1 Å². The molecule has 98 valence electrons. The zero-order valence-corrected chi connectivity index (χ0v) is 10.8. The largest absolute Gasteiger partial charge is 0.377 e. The molecule has 0 aliphatic carbocycles. The van der Waals surface area contributed by atoms with Gasteiger partial charge in [0.25, 0.3) is 0 Å². The van der Waals surface area contributed by atoms with Crippen molar-refractivity contribution < 1.29 is 9.18 Å². The Hall–Kier alpha value is -1.76. The number of hydrogen-bond donors (Lipinski definition) is 3. The summed E-state index contributed by atoms with van der Waals surface area (Å²) in [6, 6.07) is 4.70. The molecule has 0 heterocycles. The molecular formula is C11H15FN4OS. The van der Waals surface area contributed by atoms with E-state index in [1.165, 1.54) is 6.07 Å². The third-order valence-electron chi connectivity index (χ3n) is 2.19. The second kappa shape index (κ2) is 6.85. The maximum atomic E-state index is 13.0. The molecule has 0 unspecified atom stereocenters. The van der Waals surface area contributed by atoms with Crippen molar-refractivity contribution >= 4 is 22.8 Å². The molecule has 1 aromatic rings. The van der Waals surface area contributed by atoms with Crippen LogP contribution < -0.4 is 16.9 Å². The molecule has 0 aliphatic rings. The lowest BCUT2D eigenvalue weighted by atomic mass is 10.1. The number of hydrogen-bond acceptors (Lipinski definition) is 4. The Balaban J connectivity index is 2.40. The van der Waals surface area contributed by atoms with Crippen LogP contribution in [0.2, 0.25) is 0 Å². The Kier molecular flexibility index (Phi) is 5.44. The molecule has 0 aliphatic heterocycles. The molecular weight excluding hydrogens is 255 g/mol. The third-order valence-corrected chi connectivity index (χ3v) is 3.00. The number of nitrogens with zero attached hydrogens (tertiary/aromatic N) is 1. The van der Waals surface area contributed by atoms with Crippen molar-refractivity contribution in [3.8, 4) is 0 Å². The number of carbonyl (C=O) groups is 1. The van der Waals surface area contributed by atoms with E-state index >= 15 is 0 Å². The highest BCUT2D eigenvalue weighted by Gasteiger charge is 2.04. The van der Waals surface area contributed by atoms with Crippen LogP contribution in [0.4, 0.5) is 4.39 Å². The van der Waals surface area contributed by atoms with E-state index in [1.54, 1.807) is 19.1 Å². The Morgan fingerprint density at radius 3 is 2.89 bits per heavy atom. The van der Waals surface area contributed by atoms with Gasteiger partial charge in [-0.25, -0.2) is 4.39 Å². The SMILES string of the molecule is Cc1cc(CNC(=O)CSC(N)=NN)ccc1F. The van der Waals surface area contributed by atoms with Gasteiger partial charge in [-0.15, -0.1) is 0 Å². The summed E-state index contributed by atoms with van der Waals surface area (Å²) >= 11 is 1.06. The zero-order valence-electron chi connectivity index (χ0n) is 9.94. The molecule has 5 nitrogen and oxygen atoms in total. The van der Waals surface area contributed by atoms with Gasteiger partial charge < -0.3 is 16.9 Å². The molecule has 0 radical (unpaired) electrons. The summed E-state index contributed by atoms with van der Waals surface area (Å²) < 4.78 is 13.0. The average Bonchev–Trinajstić information content (AvgIpc) is 2.37. The monoisotopic (exact) mass is 270 g/mol. The predicted octanol–water partition coefficient (Wildman–Crippen LogP) is 0.672. The van der Waals surface area contributed by atoms with Gasteiger partial charge in [-0.2, -0.15) is 5.10 Å². The van der Waals surface area contributed by atoms with Crippen LogP contribution in [0, 0.1) is 12.7 Å². The predicted molar refractivity (Wildman–Crippen MR) is 71.3 cm³/mol. The van der Waals surface area contributed by atoms with Crippen molar-refractivity contribution in [2.24, 2.45) is 16.7 Å². The molecule has 0 saturated heterocycles. The van der Waals surface area contributed by atoms with E-state index in [1.807, 2.05) is 0 Å². The van der Waals surface area contributed by atoms with Gasteiger partial charge in [0.05, 0.1) is 5.75 Å². The van der Waals surface area contributed by atoms with Gasteiger partial charge in [-0.3, -0.25) is 4.79 Å². The van der Waals surface area contributed by atoms with E-state index in [-0.39, 0.29) is 22.6 Å². The quantitative estimate of drug-likeness (QED) is 0.324. The molecule has 0 bridgehead atoms. The van der Waals surface area contributed by atoms with Crippen LogP contribution in [0.25, 0.3) is 0 Å². The van der Waals surface area contributed by atoms with Crippen LogP contribution in [-0.2, 0) is 11.3 Å². The Morgan fingerprint density at radius 1 is 1.56 bits per heavy atom. The van der Waals surface area contributed by atoms with Crippen molar-refractivity contribution in [2.75, 3.05) is 5.75 Å². The highest BCUT2D eigenvalue weighted by atomic mass is 32.2. The molecule has 1 rings (SSSR count). The van der Waals surface area contributed by atoms with E-state index in [2.05, 4.69) is 10.4 Å². The normalized spacial score (nSPS) is 11.3. The number of carbonyl (C=O) groups excluding carboxylic acids is 1. The van der Waals surface area contributed by atoms with Crippen LogP contribution in [-0.4, -0.2) is 16.8 Å². The molecule has 1 amide bonds. The summed E-state index contributed by atoms with van der Waals surface area (Å²) in [5, 5.41) is 6.08. The fourth-order valence-corrected chi connectivity index (χ4v) is 1.70. The lowest BCUT2D eigenvalue weighted by Crippen LogP contribution is -2.26. The van der Waals surface area contributed by atoms with Crippen molar-refractivity contribution in [1.82, 2.24) is 5.32 Å². The first-order valence-corrected chi connectivity index (χ1v) is 6.19. The number of nitrogens with two attached hydrogens (primary N) is 2. The van der Waals surface area contributed by atoms with Crippen molar-refractivity contribution in [2.45, 2.75) is 13.5 Å². The van der Waals surface area contributed by atoms with E-state index in [4.69, 9.17) is 11.6 Å². The van der Waals surface area contributed by atoms with Crippen LogP contribution in [0.5, 0.6) is 0 Å². The molecule has 0 spiro atoms. The van der Waals surface area contributed by atoms with Crippen LogP contribution in [0.15, 0.2) is 23.3 Å². The fraction of sp³-hybridized carbons (Fsp3) is 0.273. The van der Waals surface area contributed by atoms with E-state index < -0.39 is 0 Å². The second-order valence-corrected chi connectivity index (χ2v) is 4.61. The minimum atomic E-state index is -0.257.